The van der Waals surface area contributed by atoms with E-state index in [2.05, 4.69) is 10.6 Å². The lowest BCUT2D eigenvalue weighted by atomic mass is 10.1. The predicted octanol–water partition coefficient (Wildman–Crippen LogP) is 0.331. The minimum absolute atomic E-state index is 0.0519. The SMILES string of the molecule is CS(=O)(=O)N1CCC(NC(=O)c2ccc(NC(N)=O)cc2)CC1. The number of carbonyl (C=O) groups is 2. The van der Waals surface area contributed by atoms with Crippen molar-refractivity contribution in [1.82, 2.24) is 9.62 Å². The van der Waals surface area contributed by atoms with Crippen LogP contribution in [0, 0.1) is 0 Å². The second-order valence-corrected chi connectivity index (χ2v) is 7.46. The highest BCUT2D eigenvalue weighted by Gasteiger charge is 2.25. The smallest absolute Gasteiger partial charge is 0.316 e. The first kappa shape index (κ1) is 17.2. The number of urea groups is 1. The van der Waals surface area contributed by atoms with Crippen molar-refractivity contribution < 1.29 is 18.0 Å². The van der Waals surface area contributed by atoms with Gasteiger partial charge in [0.05, 0.1) is 6.26 Å². The van der Waals surface area contributed by atoms with Gasteiger partial charge in [0.25, 0.3) is 5.91 Å². The fourth-order valence-corrected chi connectivity index (χ4v) is 3.32. The van der Waals surface area contributed by atoms with E-state index in [1.54, 1.807) is 24.3 Å². The number of primary amides is 1. The summed E-state index contributed by atoms with van der Waals surface area (Å²) in [5.74, 6) is -0.228. The lowest BCUT2D eigenvalue weighted by molar-refractivity contribution is 0.0924. The predicted molar refractivity (Wildman–Crippen MR) is 86.6 cm³/mol. The Morgan fingerprint density at radius 2 is 1.74 bits per heavy atom. The molecule has 2 rings (SSSR count). The summed E-state index contributed by atoms with van der Waals surface area (Å²) in [7, 11) is -3.17. The van der Waals surface area contributed by atoms with E-state index in [-0.39, 0.29) is 11.9 Å². The van der Waals surface area contributed by atoms with Crippen LogP contribution in [0.15, 0.2) is 24.3 Å². The Bertz CT molecular complexity index is 679. The molecule has 1 heterocycles. The van der Waals surface area contributed by atoms with Crippen LogP contribution in [0.25, 0.3) is 0 Å². The summed E-state index contributed by atoms with van der Waals surface area (Å²) in [6.07, 6.45) is 2.35. The van der Waals surface area contributed by atoms with Crippen LogP contribution in [0.1, 0.15) is 23.2 Å². The van der Waals surface area contributed by atoms with E-state index < -0.39 is 16.1 Å². The molecular formula is C14H20N4O4S. The van der Waals surface area contributed by atoms with E-state index in [4.69, 9.17) is 5.73 Å². The third-order valence-corrected chi connectivity index (χ3v) is 4.98. The molecule has 1 aromatic carbocycles. The summed E-state index contributed by atoms with van der Waals surface area (Å²) in [4.78, 5) is 22.9. The molecule has 0 atom stereocenters. The quantitative estimate of drug-likeness (QED) is 0.731. The van der Waals surface area contributed by atoms with E-state index in [9.17, 15) is 18.0 Å². The first-order valence-corrected chi connectivity index (χ1v) is 9.03. The molecule has 23 heavy (non-hydrogen) atoms. The number of piperidine rings is 1. The number of nitrogens with one attached hydrogen (secondary N) is 2. The number of sulfonamides is 1. The Kier molecular flexibility index (Phi) is 5.22. The summed E-state index contributed by atoms with van der Waals surface area (Å²) < 4.78 is 24.3. The van der Waals surface area contributed by atoms with Crippen LogP contribution in [0.5, 0.6) is 0 Å². The van der Waals surface area contributed by atoms with Gasteiger partial charge in [0.1, 0.15) is 0 Å². The third kappa shape index (κ3) is 4.93. The number of benzene rings is 1. The molecule has 8 nitrogen and oxygen atoms in total. The summed E-state index contributed by atoms with van der Waals surface area (Å²) in [6.45, 7) is 0.816. The van der Waals surface area contributed by atoms with Gasteiger partial charge in [0.2, 0.25) is 10.0 Å². The van der Waals surface area contributed by atoms with Crippen LogP contribution in [0.4, 0.5) is 10.5 Å². The van der Waals surface area contributed by atoms with Crippen molar-refractivity contribution in [2.75, 3.05) is 24.7 Å². The largest absolute Gasteiger partial charge is 0.351 e. The van der Waals surface area contributed by atoms with Crippen LogP contribution in [0.2, 0.25) is 0 Å². The van der Waals surface area contributed by atoms with Gasteiger partial charge >= 0.3 is 6.03 Å². The first-order valence-electron chi connectivity index (χ1n) is 7.18. The zero-order chi connectivity index (χ0) is 17.0. The Labute approximate surface area is 135 Å². The van der Waals surface area contributed by atoms with Crippen molar-refractivity contribution in [2.45, 2.75) is 18.9 Å². The highest BCUT2D eigenvalue weighted by atomic mass is 32.2. The Morgan fingerprint density at radius 3 is 2.22 bits per heavy atom. The lowest BCUT2D eigenvalue weighted by Crippen LogP contribution is -2.46. The number of rotatable bonds is 4. The molecule has 0 aliphatic carbocycles. The zero-order valence-corrected chi connectivity index (χ0v) is 13.6. The fraction of sp³-hybridized carbons (Fsp3) is 0.429. The minimum Gasteiger partial charge on any atom is -0.351 e. The van der Waals surface area contributed by atoms with Gasteiger partial charge in [0, 0.05) is 30.4 Å². The first-order chi connectivity index (χ1) is 10.8. The van der Waals surface area contributed by atoms with Crippen molar-refractivity contribution >= 4 is 27.6 Å². The van der Waals surface area contributed by atoms with E-state index in [0.29, 0.717) is 37.2 Å². The van der Waals surface area contributed by atoms with Gasteiger partial charge in [-0.15, -0.1) is 0 Å². The summed E-state index contributed by atoms with van der Waals surface area (Å²) >= 11 is 0. The number of hydrogen-bond acceptors (Lipinski definition) is 4. The van der Waals surface area contributed by atoms with Crippen molar-refractivity contribution in [1.29, 1.82) is 0 Å². The normalized spacial score (nSPS) is 16.7. The van der Waals surface area contributed by atoms with E-state index >= 15 is 0 Å². The second-order valence-electron chi connectivity index (χ2n) is 5.48. The highest BCUT2D eigenvalue weighted by molar-refractivity contribution is 7.88. The molecule has 1 fully saturated rings. The summed E-state index contributed by atoms with van der Waals surface area (Å²) in [6, 6.07) is 5.64. The average molecular weight is 340 g/mol. The second kappa shape index (κ2) is 6.97. The molecule has 0 aromatic heterocycles. The Morgan fingerprint density at radius 1 is 1.17 bits per heavy atom. The number of nitrogens with two attached hydrogens (primary N) is 1. The van der Waals surface area contributed by atoms with Crippen molar-refractivity contribution in [3.63, 3.8) is 0 Å². The van der Waals surface area contributed by atoms with Crippen molar-refractivity contribution in [2.24, 2.45) is 5.73 Å². The summed E-state index contributed by atoms with van der Waals surface area (Å²) in [5.41, 5.74) is 5.98. The molecule has 3 amide bonds. The monoisotopic (exact) mass is 340 g/mol. The van der Waals surface area contributed by atoms with Gasteiger partial charge < -0.3 is 16.4 Å². The van der Waals surface area contributed by atoms with Crippen LogP contribution in [0.3, 0.4) is 0 Å². The van der Waals surface area contributed by atoms with Gasteiger partial charge in [-0.05, 0) is 37.1 Å². The maximum absolute atomic E-state index is 12.2. The molecule has 0 radical (unpaired) electrons. The number of carbonyl (C=O) groups excluding carboxylic acids is 2. The minimum atomic E-state index is -3.17. The van der Waals surface area contributed by atoms with Crippen LogP contribution >= 0.6 is 0 Å². The van der Waals surface area contributed by atoms with Gasteiger partial charge in [-0.25, -0.2) is 17.5 Å². The molecule has 0 spiro atoms. The molecule has 0 saturated carbocycles. The van der Waals surface area contributed by atoms with Crippen molar-refractivity contribution in [3.8, 4) is 0 Å². The maximum Gasteiger partial charge on any atom is 0.316 e. The van der Waals surface area contributed by atoms with E-state index in [0.717, 1.165) is 0 Å². The zero-order valence-electron chi connectivity index (χ0n) is 12.8. The lowest BCUT2D eigenvalue weighted by Gasteiger charge is -2.30. The number of nitrogens with zero attached hydrogens (tertiary/aromatic N) is 1. The van der Waals surface area contributed by atoms with E-state index in [1.807, 2.05) is 0 Å². The molecule has 0 unspecified atom stereocenters. The standard InChI is InChI=1S/C14H20N4O4S/c1-23(21,22)18-8-6-12(7-9-18)16-13(19)10-2-4-11(5-3-10)17-14(15)20/h2-5,12H,6-9H2,1H3,(H,16,19)(H3,15,17,20). The molecule has 4 N–H and O–H groups in total. The fourth-order valence-electron chi connectivity index (χ4n) is 2.45. The average Bonchev–Trinajstić information content (AvgIpc) is 2.47. The van der Waals surface area contributed by atoms with Crippen LogP contribution < -0.4 is 16.4 Å². The van der Waals surface area contributed by atoms with Gasteiger partial charge in [-0.2, -0.15) is 0 Å². The molecule has 1 aliphatic heterocycles. The third-order valence-electron chi connectivity index (χ3n) is 3.67. The number of anilines is 1. The molecule has 1 saturated heterocycles. The molecule has 9 heteroatoms. The van der Waals surface area contributed by atoms with Gasteiger partial charge in [-0.1, -0.05) is 0 Å². The molecule has 126 valence electrons. The van der Waals surface area contributed by atoms with Gasteiger partial charge in [0.15, 0.2) is 0 Å². The highest BCUT2D eigenvalue weighted by Crippen LogP contribution is 2.14. The number of amides is 3. The molecular weight excluding hydrogens is 320 g/mol. The summed E-state index contributed by atoms with van der Waals surface area (Å²) in [5, 5.41) is 5.31. The Balaban J connectivity index is 1.89. The number of hydrogen-bond donors (Lipinski definition) is 3. The van der Waals surface area contributed by atoms with Crippen LogP contribution in [-0.4, -0.2) is 50.0 Å². The Hall–Kier alpha value is -2.13. The molecule has 1 aliphatic rings. The van der Waals surface area contributed by atoms with Crippen LogP contribution in [-0.2, 0) is 10.0 Å². The van der Waals surface area contributed by atoms with Gasteiger partial charge in [-0.3, -0.25) is 4.79 Å². The molecule has 0 bridgehead atoms. The van der Waals surface area contributed by atoms with E-state index in [1.165, 1.54) is 10.6 Å². The van der Waals surface area contributed by atoms with Crippen molar-refractivity contribution in [3.05, 3.63) is 29.8 Å². The maximum atomic E-state index is 12.2. The molecule has 1 aromatic rings. The topological polar surface area (TPSA) is 122 Å².